The predicted molar refractivity (Wildman–Crippen MR) is 126 cm³/mol. The van der Waals surface area contributed by atoms with Gasteiger partial charge in [-0.3, -0.25) is 9.69 Å². The Morgan fingerprint density at radius 1 is 1.16 bits per heavy atom. The zero-order valence-corrected chi connectivity index (χ0v) is 20.8. The number of aliphatic hydroxyl groups excluding tert-OH is 2. The first-order chi connectivity index (χ1) is 14.8. The minimum atomic E-state index is -1.01. The molecule has 3 fully saturated rings. The van der Waals surface area contributed by atoms with E-state index in [1.807, 2.05) is 27.0 Å². The van der Waals surface area contributed by atoms with E-state index in [0.717, 1.165) is 19.4 Å². The summed E-state index contributed by atoms with van der Waals surface area (Å²) in [5.74, 6) is 0.701. The number of carbonyl (C=O) groups excluding carboxylic acids is 1. The van der Waals surface area contributed by atoms with Crippen molar-refractivity contribution in [3.05, 3.63) is 0 Å². The molecule has 31 heavy (non-hydrogen) atoms. The lowest BCUT2D eigenvalue weighted by molar-refractivity contribution is -0.185. The number of hydrogen-bond acceptors (Lipinski definition) is 6. The molecule has 180 valence electrons. The van der Waals surface area contributed by atoms with Gasteiger partial charge in [-0.1, -0.05) is 40.5 Å². The Hall–Kier alpha value is -0.340. The van der Waals surface area contributed by atoms with E-state index in [1.165, 1.54) is 32.1 Å². The second-order valence-corrected chi connectivity index (χ2v) is 11.3. The van der Waals surface area contributed by atoms with Gasteiger partial charge in [-0.15, -0.1) is 11.8 Å². The normalized spacial score (nSPS) is 38.6. The molecule has 2 unspecified atom stereocenters. The summed E-state index contributed by atoms with van der Waals surface area (Å²) in [6, 6.07) is 0.111. The summed E-state index contributed by atoms with van der Waals surface area (Å²) in [6.07, 6.45) is 7.51. The Labute approximate surface area is 192 Å². The highest BCUT2D eigenvalue weighted by atomic mass is 32.2. The summed E-state index contributed by atoms with van der Waals surface area (Å²) >= 11 is 1.55. The van der Waals surface area contributed by atoms with E-state index >= 15 is 0 Å². The van der Waals surface area contributed by atoms with Crippen LogP contribution >= 0.6 is 11.8 Å². The van der Waals surface area contributed by atoms with Crippen LogP contribution in [0.15, 0.2) is 0 Å². The van der Waals surface area contributed by atoms with E-state index in [0.29, 0.717) is 12.0 Å². The molecule has 1 saturated carbocycles. The summed E-state index contributed by atoms with van der Waals surface area (Å²) in [5.41, 5.74) is -0.197. The third kappa shape index (κ3) is 5.97. The summed E-state index contributed by atoms with van der Waals surface area (Å²) in [6.45, 7) is 9.24. The van der Waals surface area contributed by atoms with Gasteiger partial charge < -0.3 is 20.3 Å². The molecule has 0 bridgehead atoms. The Morgan fingerprint density at radius 2 is 1.87 bits per heavy atom. The Bertz CT molecular complexity index is 586. The van der Waals surface area contributed by atoms with E-state index in [-0.39, 0.29) is 35.3 Å². The molecular weight excluding hydrogens is 412 g/mol. The molecule has 1 amide bonds. The Balaban J connectivity index is 1.73. The third-order valence-electron chi connectivity index (χ3n) is 7.62. The standard InChI is InChI=1S/C24H44N2O4S/c1-6-7-16-8-11-18(26(13-12-16)17-9-10-17)23(29)25-19(14(2)3)22-21(28)20(27)15(4)24(30-22)31-5/h14-22,24,27-28H,6-13H2,1-5H3,(H,25,29)/t15-,16?,18+,19-,20-,21-,22?,24-/m1/s1. The van der Waals surface area contributed by atoms with Crippen LogP contribution in [0.3, 0.4) is 0 Å². The molecule has 0 aromatic heterocycles. The Morgan fingerprint density at radius 3 is 2.45 bits per heavy atom. The van der Waals surface area contributed by atoms with Crippen LogP contribution in [0, 0.1) is 17.8 Å². The van der Waals surface area contributed by atoms with E-state index in [2.05, 4.69) is 17.1 Å². The molecule has 8 atom stereocenters. The first-order valence-corrected chi connectivity index (χ1v) is 13.7. The fraction of sp³-hybridized carbons (Fsp3) is 0.958. The fourth-order valence-corrected chi connectivity index (χ4v) is 6.32. The second kappa shape index (κ2) is 11.2. The van der Waals surface area contributed by atoms with Gasteiger partial charge in [0.1, 0.15) is 17.6 Å². The molecule has 2 aliphatic heterocycles. The average Bonchev–Trinajstić information content (AvgIpc) is 3.58. The van der Waals surface area contributed by atoms with Crippen LogP contribution in [-0.2, 0) is 9.53 Å². The van der Waals surface area contributed by atoms with Crippen molar-refractivity contribution < 1.29 is 19.7 Å². The highest BCUT2D eigenvalue weighted by molar-refractivity contribution is 7.99. The minimum Gasteiger partial charge on any atom is -0.390 e. The van der Waals surface area contributed by atoms with Crippen molar-refractivity contribution in [2.75, 3.05) is 12.8 Å². The summed E-state index contributed by atoms with van der Waals surface area (Å²) in [7, 11) is 0. The fourth-order valence-electron chi connectivity index (χ4n) is 5.49. The number of likely N-dealkylation sites (tertiary alicyclic amines) is 1. The van der Waals surface area contributed by atoms with Crippen LogP contribution in [0.1, 0.15) is 72.6 Å². The van der Waals surface area contributed by atoms with Gasteiger partial charge in [0.2, 0.25) is 5.91 Å². The molecule has 7 heteroatoms. The van der Waals surface area contributed by atoms with E-state index in [4.69, 9.17) is 4.74 Å². The maximum Gasteiger partial charge on any atom is 0.237 e. The molecule has 0 radical (unpaired) electrons. The Kier molecular flexibility index (Phi) is 9.13. The van der Waals surface area contributed by atoms with E-state index < -0.39 is 18.3 Å². The molecule has 2 heterocycles. The van der Waals surface area contributed by atoms with Gasteiger partial charge >= 0.3 is 0 Å². The zero-order chi connectivity index (χ0) is 22.7. The van der Waals surface area contributed by atoms with Crippen LogP contribution in [0.25, 0.3) is 0 Å². The molecule has 2 saturated heterocycles. The lowest BCUT2D eigenvalue weighted by Crippen LogP contribution is -2.63. The van der Waals surface area contributed by atoms with Crippen molar-refractivity contribution in [3.8, 4) is 0 Å². The topological polar surface area (TPSA) is 82.0 Å². The van der Waals surface area contributed by atoms with Gasteiger partial charge in [0.15, 0.2) is 0 Å². The van der Waals surface area contributed by atoms with Gasteiger partial charge in [-0.05, 0) is 56.7 Å². The van der Waals surface area contributed by atoms with Gasteiger partial charge in [-0.25, -0.2) is 0 Å². The third-order valence-corrected chi connectivity index (χ3v) is 8.62. The van der Waals surface area contributed by atoms with Crippen molar-refractivity contribution in [3.63, 3.8) is 0 Å². The monoisotopic (exact) mass is 456 g/mol. The van der Waals surface area contributed by atoms with Gasteiger partial charge in [0.05, 0.1) is 18.2 Å². The zero-order valence-electron chi connectivity index (χ0n) is 20.0. The average molecular weight is 457 g/mol. The molecule has 6 nitrogen and oxygen atoms in total. The molecule has 0 spiro atoms. The summed E-state index contributed by atoms with van der Waals surface area (Å²) < 4.78 is 6.23. The number of hydrogen-bond donors (Lipinski definition) is 3. The first kappa shape index (κ1) is 25.3. The largest absolute Gasteiger partial charge is 0.390 e. The van der Waals surface area contributed by atoms with Gasteiger partial charge in [-0.2, -0.15) is 0 Å². The van der Waals surface area contributed by atoms with Crippen LogP contribution < -0.4 is 5.32 Å². The maximum atomic E-state index is 13.6. The number of carbonyl (C=O) groups is 1. The van der Waals surface area contributed by atoms with Crippen molar-refractivity contribution in [2.24, 2.45) is 17.8 Å². The van der Waals surface area contributed by atoms with E-state index in [1.54, 1.807) is 11.8 Å². The lowest BCUT2D eigenvalue weighted by Gasteiger charge is -2.45. The highest BCUT2D eigenvalue weighted by Gasteiger charge is 2.47. The lowest BCUT2D eigenvalue weighted by atomic mass is 9.86. The van der Waals surface area contributed by atoms with Crippen LogP contribution in [0.5, 0.6) is 0 Å². The quantitative estimate of drug-likeness (QED) is 0.521. The van der Waals surface area contributed by atoms with Crippen LogP contribution in [0.2, 0.25) is 0 Å². The number of rotatable bonds is 8. The smallest absolute Gasteiger partial charge is 0.237 e. The number of aliphatic hydroxyl groups is 2. The van der Waals surface area contributed by atoms with Crippen LogP contribution in [0.4, 0.5) is 0 Å². The SMILES string of the molecule is CCCC1CC[C@@H](C(=O)N[C@H](C(C)C)C2O[C@H](SC)[C@H](C)[C@@H](O)[C@H]2O)N(C2CC2)CC1. The van der Waals surface area contributed by atoms with Gasteiger partial charge in [0.25, 0.3) is 0 Å². The molecule has 0 aromatic rings. The second-order valence-electron chi connectivity index (χ2n) is 10.3. The van der Waals surface area contributed by atoms with Crippen molar-refractivity contribution in [1.29, 1.82) is 0 Å². The molecule has 3 rings (SSSR count). The number of ether oxygens (including phenoxy) is 1. The van der Waals surface area contributed by atoms with Crippen molar-refractivity contribution >= 4 is 17.7 Å². The number of nitrogens with zero attached hydrogens (tertiary/aromatic N) is 1. The predicted octanol–water partition coefficient (Wildman–Crippen LogP) is 3.01. The molecule has 3 N–H and O–H groups in total. The first-order valence-electron chi connectivity index (χ1n) is 12.4. The van der Waals surface area contributed by atoms with Crippen molar-refractivity contribution in [2.45, 2.75) is 115 Å². The molecule has 0 aromatic carbocycles. The number of nitrogens with one attached hydrogen (secondary N) is 1. The van der Waals surface area contributed by atoms with E-state index in [9.17, 15) is 15.0 Å². The summed E-state index contributed by atoms with van der Waals surface area (Å²) in [5, 5.41) is 24.7. The minimum absolute atomic E-state index is 0.0624. The summed E-state index contributed by atoms with van der Waals surface area (Å²) in [4.78, 5) is 16.0. The van der Waals surface area contributed by atoms with Gasteiger partial charge in [0, 0.05) is 12.0 Å². The number of amides is 1. The molecular formula is C24H44N2O4S. The highest BCUT2D eigenvalue weighted by Crippen LogP contribution is 2.36. The molecule has 1 aliphatic carbocycles. The maximum absolute atomic E-state index is 13.6. The van der Waals surface area contributed by atoms with Crippen LogP contribution in [-0.4, -0.2) is 75.7 Å². The number of thioether (sulfide) groups is 1. The van der Waals surface area contributed by atoms with Crippen molar-refractivity contribution in [1.82, 2.24) is 10.2 Å². The molecule has 3 aliphatic rings.